The minimum Gasteiger partial charge on any atom is -0.481 e. The Morgan fingerprint density at radius 2 is 1.75 bits per heavy atom. The molecular weight excluding hydrogens is 315 g/mol. The fraction of sp³-hybridized carbons (Fsp3) is 0.471. The van der Waals surface area contributed by atoms with Gasteiger partial charge in [0.1, 0.15) is 5.82 Å². The van der Waals surface area contributed by atoms with Crippen LogP contribution in [0.4, 0.5) is 4.39 Å². The monoisotopic (exact) mass is 336 g/mol. The summed E-state index contributed by atoms with van der Waals surface area (Å²) in [6.45, 7) is 3.68. The second-order valence-corrected chi connectivity index (χ2v) is 6.65. The average Bonchev–Trinajstić information content (AvgIpc) is 3.09. The smallest absolute Gasteiger partial charge is 0.305 e. The quantitative estimate of drug-likeness (QED) is 0.697. The minimum absolute atomic E-state index is 0.0125. The zero-order valence-corrected chi connectivity index (χ0v) is 13.7. The first kappa shape index (κ1) is 17.9. The molecule has 1 aromatic rings. The molecule has 0 unspecified atom stereocenters. The molecule has 1 atom stereocenters. The number of amides is 2. The SMILES string of the molecule is CC1(C)C[C@]1(C(=O)NCC(=O)NCCC(=O)O)c1ccc(F)cc1. The van der Waals surface area contributed by atoms with E-state index in [1.54, 1.807) is 12.1 Å². The molecular formula is C17H21FN2O4. The number of nitrogens with one attached hydrogen (secondary N) is 2. The van der Waals surface area contributed by atoms with Gasteiger partial charge in [0, 0.05) is 6.54 Å². The molecule has 1 aromatic carbocycles. The van der Waals surface area contributed by atoms with Gasteiger partial charge in [0.2, 0.25) is 11.8 Å². The number of carboxylic acid groups (broad SMARTS) is 1. The number of rotatable bonds is 7. The molecule has 130 valence electrons. The van der Waals surface area contributed by atoms with Crippen LogP contribution in [0, 0.1) is 11.2 Å². The van der Waals surface area contributed by atoms with Crippen molar-refractivity contribution in [2.24, 2.45) is 5.41 Å². The second kappa shape index (κ2) is 6.59. The van der Waals surface area contributed by atoms with Crippen molar-refractivity contribution in [3.63, 3.8) is 0 Å². The summed E-state index contributed by atoms with van der Waals surface area (Å²) in [5, 5.41) is 13.5. The maximum absolute atomic E-state index is 13.1. The summed E-state index contributed by atoms with van der Waals surface area (Å²) in [5.74, 6) is -2.11. The number of halogens is 1. The van der Waals surface area contributed by atoms with E-state index in [4.69, 9.17) is 5.11 Å². The Bertz CT molecular complexity index is 657. The molecule has 1 aliphatic rings. The zero-order valence-electron chi connectivity index (χ0n) is 13.7. The van der Waals surface area contributed by atoms with Crippen molar-refractivity contribution in [1.29, 1.82) is 0 Å². The van der Waals surface area contributed by atoms with Gasteiger partial charge in [-0.1, -0.05) is 26.0 Å². The van der Waals surface area contributed by atoms with Crippen molar-refractivity contribution in [2.75, 3.05) is 13.1 Å². The van der Waals surface area contributed by atoms with Crippen LogP contribution in [0.15, 0.2) is 24.3 Å². The Balaban J connectivity index is 1.98. The van der Waals surface area contributed by atoms with Crippen LogP contribution in [0.3, 0.4) is 0 Å². The first-order chi connectivity index (χ1) is 11.2. The summed E-state index contributed by atoms with van der Waals surface area (Å²) < 4.78 is 13.1. The summed E-state index contributed by atoms with van der Waals surface area (Å²) in [6.07, 6.45) is 0.435. The fourth-order valence-electron chi connectivity index (χ4n) is 3.05. The van der Waals surface area contributed by atoms with E-state index in [0.717, 1.165) is 5.56 Å². The van der Waals surface area contributed by atoms with E-state index in [1.165, 1.54) is 12.1 Å². The van der Waals surface area contributed by atoms with E-state index in [9.17, 15) is 18.8 Å². The summed E-state index contributed by atoms with van der Waals surface area (Å²) >= 11 is 0. The molecule has 0 bridgehead atoms. The summed E-state index contributed by atoms with van der Waals surface area (Å²) in [4.78, 5) is 34.7. The predicted molar refractivity (Wildman–Crippen MR) is 84.7 cm³/mol. The molecule has 7 heteroatoms. The van der Waals surface area contributed by atoms with Gasteiger partial charge in [-0.2, -0.15) is 0 Å². The molecule has 0 aromatic heterocycles. The Labute approximate surface area is 139 Å². The van der Waals surface area contributed by atoms with Gasteiger partial charge in [-0.25, -0.2) is 4.39 Å². The molecule has 0 heterocycles. The average molecular weight is 336 g/mol. The molecule has 0 spiro atoms. The van der Waals surface area contributed by atoms with Gasteiger partial charge >= 0.3 is 5.97 Å². The second-order valence-electron chi connectivity index (χ2n) is 6.65. The van der Waals surface area contributed by atoms with Gasteiger partial charge in [-0.05, 0) is 29.5 Å². The van der Waals surface area contributed by atoms with Gasteiger partial charge < -0.3 is 15.7 Å². The van der Waals surface area contributed by atoms with Crippen LogP contribution in [0.1, 0.15) is 32.3 Å². The zero-order chi connectivity index (χ0) is 18.0. The fourth-order valence-corrected chi connectivity index (χ4v) is 3.05. The maximum atomic E-state index is 13.1. The molecule has 1 saturated carbocycles. The molecule has 1 aliphatic carbocycles. The lowest BCUT2D eigenvalue weighted by Gasteiger charge is -2.20. The Morgan fingerprint density at radius 1 is 1.17 bits per heavy atom. The Hall–Kier alpha value is -2.44. The molecule has 0 saturated heterocycles. The van der Waals surface area contributed by atoms with Crippen LogP contribution in [0.25, 0.3) is 0 Å². The van der Waals surface area contributed by atoms with Crippen molar-refractivity contribution in [3.05, 3.63) is 35.6 Å². The third-order valence-corrected chi connectivity index (χ3v) is 4.53. The van der Waals surface area contributed by atoms with Gasteiger partial charge in [-0.15, -0.1) is 0 Å². The summed E-state index contributed by atoms with van der Waals surface area (Å²) in [5.41, 5.74) is -0.339. The lowest BCUT2D eigenvalue weighted by atomic mass is 9.87. The number of carbonyl (C=O) groups is 3. The standard InChI is InChI=1S/C17H21FN2O4/c1-16(2)10-17(16,11-3-5-12(18)6-4-11)15(24)20-9-13(21)19-8-7-14(22)23/h3-6H,7-10H2,1-2H3,(H,19,21)(H,20,24)(H,22,23)/t17-/m1/s1. The van der Waals surface area contributed by atoms with E-state index in [2.05, 4.69) is 10.6 Å². The maximum Gasteiger partial charge on any atom is 0.305 e. The van der Waals surface area contributed by atoms with Crippen LogP contribution < -0.4 is 10.6 Å². The van der Waals surface area contributed by atoms with E-state index in [1.807, 2.05) is 13.8 Å². The Morgan fingerprint density at radius 3 is 2.25 bits per heavy atom. The van der Waals surface area contributed by atoms with Gasteiger partial charge in [0.25, 0.3) is 0 Å². The van der Waals surface area contributed by atoms with E-state index in [0.29, 0.717) is 6.42 Å². The van der Waals surface area contributed by atoms with Crippen molar-refractivity contribution in [2.45, 2.75) is 32.1 Å². The third kappa shape index (κ3) is 3.55. The van der Waals surface area contributed by atoms with Crippen molar-refractivity contribution in [3.8, 4) is 0 Å². The van der Waals surface area contributed by atoms with Crippen molar-refractivity contribution in [1.82, 2.24) is 10.6 Å². The lowest BCUT2D eigenvalue weighted by Crippen LogP contribution is -2.43. The number of hydrogen-bond donors (Lipinski definition) is 3. The highest BCUT2D eigenvalue weighted by Crippen LogP contribution is 2.64. The van der Waals surface area contributed by atoms with Crippen LogP contribution in [-0.4, -0.2) is 36.0 Å². The van der Waals surface area contributed by atoms with E-state index >= 15 is 0 Å². The largest absolute Gasteiger partial charge is 0.481 e. The van der Waals surface area contributed by atoms with Crippen LogP contribution in [-0.2, 0) is 19.8 Å². The highest BCUT2D eigenvalue weighted by Gasteiger charge is 2.67. The number of carboxylic acids is 1. The number of aliphatic carboxylic acids is 1. The molecule has 2 amide bonds. The molecule has 24 heavy (non-hydrogen) atoms. The first-order valence-electron chi connectivity index (χ1n) is 7.72. The molecule has 2 rings (SSSR count). The number of hydrogen-bond acceptors (Lipinski definition) is 3. The Kier molecular flexibility index (Phi) is 4.91. The van der Waals surface area contributed by atoms with Gasteiger partial charge in [0.05, 0.1) is 18.4 Å². The highest BCUT2D eigenvalue weighted by molar-refractivity contribution is 5.95. The third-order valence-electron chi connectivity index (χ3n) is 4.53. The molecule has 6 nitrogen and oxygen atoms in total. The van der Waals surface area contributed by atoms with E-state index in [-0.39, 0.29) is 36.6 Å². The number of carbonyl (C=O) groups excluding carboxylic acids is 2. The van der Waals surface area contributed by atoms with Crippen LogP contribution >= 0.6 is 0 Å². The summed E-state index contributed by atoms with van der Waals surface area (Å²) in [6, 6.07) is 5.82. The van der Waals surface area contributed by atoms with Crippen LogP contribution in [0.5, 0.6) is 0 Å². The minimum atomic E-state index is -1.01. The van der Waals surface area contributed by atoms with E-state index < -0.39 is 17.3 Å². The first-order valence-corrected chi connectivity index (χ1v) is 7.72. The van der Waals surface area contributed by atoms with Crippen molar-refractivity contribution >= 4 is 17.8 Å². The van der Waals surface area contributed by atoms with Crippen LogP contribution in [0.2, 0.25) is 0 Å². The highest BCUT2D eigenvalue weighted by atomic mass is 19.1. The molecule has 0 radical (unpaired) electrons. The topological polar surface area (TPSA) is 95.5 Å². The van der Waals surface area contributed by atoms with Crippen molar-refractivity contribution < 1.29 is 23.9 Å². The molecule has 3 N–H and O–H groups in total. The van der Waals surface area contributed by atoms with Gasteiger partial charge in [0.15, 0.2) is 0 Å². The number of benzene rings is 1. The molecule has 1 fully saturated rings. The molecule has 0 aliphatic heterocycles. The normalized spacial score (nSPS) is 21.0. The van der Waals surface area contributed by atoms with Gasteiger partial charge in [-0.3, -0.25) is 14.4 Å². The predicted octanol–water partition coefficient (Wildman–Crippen LogP) is 1.20. The summed E-state index contributed by atoms with van der Waals surface area (Å²) in [7, 11) is 0. The lowest BCUT2D eigenvalue weighted by molar-refractivity contribution is -0.137.